The number of rotatable bonds is 5. The van der Waals surface area contributed by atoms with Crippen LogP contribution in [0.3, 0.4) is 0 Å². The first-order valence-electron chi connectivity index (χ1n) is 7.53. The number of carboxylic acid groups (broad SMARTS) is 1. The van der Waals surface area contributed by atoms with Crippen molar-refractivity contribution >= 4 is 23.2 Å². The van der Waals surface area contributed by atoms with E-state index in [-0.39, 0.29) is 5.69 Å². The molecule has 124 valence electrons. The second kappa shape index (κ2) is 6.53. The van der Waals surface area contributed by atoms with Crippen LogP contribution in [0.25, 0.3) is 5.65 Å². The highest BCUT2D eigenvalue weighted by Crippen LogP contribution is 2.25. The van der Waals surface area contributed by atoms with E-state index < -0.39 is 5.97 Å². The number of halogens is 1. The maximum Gasteiger partial charge on any atom is 0.353 e. The Hall–Kier alpha value is -2.53. The molecule has 0 amide bonds. The number of aryl methyl sites for hydroxylation is 3. The summed E-state index contributed by atoms with van der Waals surface area (Å²) in [4.78, 5) is 16.1. The number of aromatic carboxylic acids is 1. The Labute approximate surface area is 144 Å². The second-order valence-electron chi connectivity index (χ2n) is 5.58. The summed E-state index contributed by atoms with van der Waals surface area (Å²) in [6, 6.07) is 9.10. The van der Waals surface area contributed by atoms with Gasteiger partial charge in [0, 0.05) is 11.2 Å². The van der Waals surface area contributed by atoms with Gasteiger partial charge in [-0.2, -0.15) is 0 Å². The molecule has 0 bridgehead atoms. The number of carbonyl (C=O) groups is 1. The van der Waals surface area contributed by atoms with Crippen LogP contribution < -0.4 is 4.74 Å². The van der Waals surface area contributed by atoms with E-state index in [4.69, 9.17) is 16.3 Å². The first-order chi connectivity index (χ1) is 11.5. The number of nitrogens with zero attached hydrogens (tertiary/aromatic N) is 2. The smallest absolute Gasteiger partial charge is 0.353 e. The summed E-state index contributed by atoms with van der Waals surface area (Å²) in [5.41, 5.74) is 3.35. The summed E-state index contributed by atoms with van der Waals surface area (Å²) in [6.07, 6.45) is 2.93. The van der Waals surface area contributed by atoms with Crippen LogP contribution in [0.4, 0.5) is 0 Å². The van der Waals surface area contributed by atoms with Gasteiger partial charge in [-0.25, -0.2) is 9.78 Å². The van der Waals surface area contributed by atoms with E-state index in [1.54, 1.807) is 23.8 Å². The van der Waals surface area contributed by atoms with E-state index in [1.165, 1.54) is 0 Å². The average Bonchev–Trinajstić information content (AvgIpc) is 2.92. The summed E-state index contributed by atoms with van der Waals surface area (Å²) < 4.78 is 6.98. The first-order valence-corrected chi connectivity index (χ1v) is 7.90. The van der Waals surface area contributed by atoms with E-state index in [0.717, 1.165) is 22.6 Å². The third-order valence-corrected chi connectivity index (χ3v) is 4.18. The topological polar surface area (TPSA) is 63.8 Å². The lowest BCUT2D eigenvalue weighted by atomic mass is 10.0. The van der Waals surface area contributed by atoms with Gasteiger partial charge in [0.15, 0.2) is 0 Å². The fraction of sp³-hybridized carbons (Fsp3) is 0.222. The molecule has 0 spiro atoms. The predicted molar refractivity (Wildman–Crippen MR) is 92.3 cm³/mol. The van der Waals surface area contributed by atoms with Gasteiger partial charge in [-0.3, -0.25) is 4.40 Å². The van der Waals surface area contributed by atoms with Crippen molar-refractivity contribution in [3.8, 4) is 5.75 Å². The molecular weight excluding hydrogens is 328 g/mol. The molecule has 5 nitrogen and oxygen atoms in total. The molecule has 0 aliphatic heterocycles. The van der Waals surface area contributed by atoms with Crippen molar-refractivity contribution in [2.75, 3.05) is 7.11 Å². The molecule has 1 N–H and O–H groups in total. The number of fused-ring (bicyclic) bond motifs is 1. The number of carboxylic acids is 1. The Morgan fingerprint density at radius 3 is 2.71 bits per heavy atom. The number of ether oxygens (including phenoxy) is 1. The summed E-state index contributed by atoms with van der Waals surface area (Å²) >= 11 is 6.06. The second-order valence-corrected chi connectivity index (χ2v) is 6.02. The first kappa shape index (κ1) is 16.3. The zero-order valence-corrected chi connectivity index (χ0v) is 14.2. The van der Waals surface area contributed by atoms with Crippen molar-refractivity contribution in [3.05, 3.63) is 64.1 Å². The van der Waals surface area contributed by atoms with E-state index in [9.17, 15) is 9.90 Å². The number of pyridine rings is 1. The van der Waals surface area contributed by atoms with Gasteiger partial charge in [-0.05, 0) is 55.2 Å². The highest BCUT2D eigenvalue weighted by Gasteiger charge is 2.16. The van der Waals surface area contributed by atoms with Crippen LogP contribution in [0.2, 0.25) is 5.02 Å². The summed E-state index contributed by atoms with van der Waals surface area (Å²) in [5, 5.41) is 10.3. The number of hydrogen-bond acceptors (Lipinski definition) is 3. The van der Waals surface area contributed by atoms with Crippen LogP contribution in [0.5, 0.6) is 5.75 Å². The molecule has 3 aromatic rings. The Morgan fingerprint density at radius 1 is 1.25 bits per heavy atom. The van der Waals surface area contributed by atoms with Gasteiger partial charge in [-0.15, -0.1) is 0 Å². The zero-order valence-electron chi connectivity index (χ0n) is 13.4. The van der Waals surface area contributed by atoms with Gasteiger partial charge in [0.1, 0.15) is 17.1 Å². The number of aromatic nitrogens is 2. The number of methoxy groups -OCH3 is 1. The molecule has 0 radical (unpaired) electrons. The van der Waals surface area contributed by atoms with Crippen LogP contribution in [0.1, 0.15) is 27.3 Å². The molecule has 0 fully saturated rings. The zero-order chi connectivity index (χ0) is 17.3. The number of benzene rings is 1. The Morgan fingerprint density at radius 2 is 2.00 bits per heavy atom. The van der Waals surface area contributed by atoms with Gasteiger partial charge in [0.25, 0.3) is 0 Å². The minimum absolute atomic E-state index is 0.245. The third-order valence-electron chi connectivity index (χ3n) is 3.94. The molecule has 6 heteroatoms. The van der Waals surface area contributed by atoms with Gasteiger partial charge < -0.3 is 9.84 Å². The minimum atomic E-state index is -0.967. The van der Waals surface area contributed by atoms with Crippen molar-refractivity contribution in [1.29, 1.82) is 0 Å². The molecule has 3 rings (SSSR count). The standard InChI is InChI=1S/C18H17ClN2O3/c1-11-10-21-16(20-11)8-5-12(17(21)18(22)23)3-4-13-9-14(19)6-7-15(13)24-2/h5-10H,3-4H2,1-2H3,(H,22,23). The van der Waals surface area contributed by atoms with Crippen molar-refractivity contribution in [1.82, 2.24) is 9.38 Å². The van der Waals surface area contributed by atoms with Gasteiger partial charge in [-0.1, -0.05) is 17.7 Å². The molecule has 2 aromatic heterocycles. The molecule has 0 saturated heterocycles. The van der Waals surface area contributed by atoms with Crippen molar-refractivity contribution in [3.63, 3.8) is 0 Å². The van der Waals surface area contributed by atoms with Crippen molar-refractivity contribution < 1.29 is 14.6 Å². The summed E-state index contributed by atoms with van der Waals surface area (Å²) in [7, 11) is 1.61. The number of hydrogen-bond donors (Lipinski definition) is 1. The highest BCUT2D eigenvalue weighted by atomic mass is 35.5. The molecule has 1 aromatic carbocycles. The maximum absolute atomic E-state index is 11.7. The fourth-order valence-electron chi connectivity index (χ4n) is 2.88. The normalized spacial score (nSPS) is 11.0. The van der Waals surface area contributed by atoms with Crippen LogP contribution in [-0.4, -0.2) is 27.6 Å². The Bertz CT molecular complexity index is 918. The van der Waals surface area contributed by atoms with Crippen LogP contribution in [0.15, 0.2) is 36.5 Å². The van der Waals surface area contributed by atoms with Crippen LogP contribution in [0, 0.1) is 6.92 Å². The Kier molecular flexibility index (Phi) is 4.44. The van der Waals surface area contributed by atoms with Gasteiger partial charge in [0.05, 0.1) is 12.8 Å². The molecule has 0 atom stereocenters. The minimum Gasteiger partial charge on any atom is -0.496 e. The summed E-state index contributed by atoms with van der Waals surface area (Å²) in [5.74, 6) is -0.220. The lowest BCUT2D eigenvalue weighted by Gasteiger charge is -2.11. The lowest BCUT2D eigenvalue weighted by molar-refractivity contribution is 0.0687. The quantitative estimate of drug-likeness (QED) is 0.764. The van der Waals surface area contributed by atoms with E-state index >= 15 is 0 Å². The average molecular weight is 345 g/mol. The Balaban J connectivity index is 1.97. The molecule has 2 heterocycles. The van der Waals surface area contributed by atoms with E-state index in [0.29, 0.717) is 23.5 Å². The van der Waals surface area contributed by atoms with Crippen LogP contribution >= 0.6 is 11.6 Å². The van der Waals surface area contributed by atoms with E-state index in [2.05, 4.69) is 4.98 Å². The molecule has 0 aliphatic carbocycles. The molecule has 0 unspecified atom stereocenters. The molecule has 0 saturated carbocycles. The third kappa shape index (κ3) is 3.08. The largest absolute Gasteiger partial charge is 0.496 e. The predicted octanol–water partition coefficient (Wildman–Crippen LogP) is 3.79. The number of imidazole rings is 1. The monoisotopic (exact) mass is 344 g/mol. The lowest BCUT2D eigenvalue weighted by Crippen LogP contribution is -2.10. The molecule has 0 aliphatic rings. The highest BCUT2D eigenvalue weighted by molar-refractivity contribution is 6.30. The summed E-state index contributed by atoms with van der Waals surface area (Å²) in [6.45, 7) is 1.84. The van der Waals surface area contributed by atoms with Crippen molar-refractivity contribution in [2.45, 2.75) is 19.8 Å². The molecular formula is C18H17ClN2O3. The molecule has 24 heavy (non-hydrogen) atoms. The fourth-order valence-corrected chi connectivity index (χ4v) is 3.07. The van der Waals surface area contributed by atoms with E-state index in [1.807, 2.05) is 31.2 Å². The van der Waals surface area contributed by atoms with Crippen molar-refractivity contribution in [2.24, 2.45) is 0 Å². The maximum atomic E-state index is 11.7. The van der Waals surface area contributed by atoms with Gasteiger partial charge in [0.2, 0.25) is 0 Å². The SMILES string of the molecule is COc1ccc(Cl)cc1CCc1ccc2nc(C)cn2c1C(=O)O. The van der Waals surface area contributed by atoms with Crippen LogP contribution in [-0.2, 0) is 12.8 Å². The van der Waals surface area contributed by atoms with Gasteiger partial charge >= 0.3 is 5.97 Å².